The fourth-order valence-corrected chi connectivity index (χ4v) is 3.99. The molecular formula is C18H30F2N6S. The van der Waals surface area contributed by atoms with E-state index in [2.05, 4.69) is 44.1 Å². The second-order valence-electron chi connectivity index (χ2n) is 7.47. The summed E-state index contributed by atoms with van der Waals surface area (Å²) < 4.78 is 31.3. The van der Waals surface area contributed by atoms with Crippen LogP contribution in [0.4, 0.5) is 20.5 Å². The molecule has 9 heteroatoms. The molecule has 0 unspecified atom stereocenters. The van der Waals surface area contributed by atoms with Crippen molar-refractivity contribution in [2.24, 2.45) is 0 Å². The zero-order valence-electron chi connectivity index (χ0n) is 16.2. The molecule has 0 radical (unpaired) electrons. The third-order valence-electron chi connectivity index (χ3n) is 4.68. The number of hydrogen-bond acceptors (Lipinski definition) is 7. The van der Waals surface area contributed by atoms with Gasteiger partial charge in [0.1, 0.15) is 5.82 Å². The summed E-state index contributed by atoms with van der Waals surface area (Å²) in [4.78, 5) is 11.5. The monoisotopic (exact) mass is 400 g/mol. The molecule has 1 saturated heterocycles. The number of nitrogens with one attached hydrogen (secondary N) is 3. The van der Waals surface area contributed by atoms with Crippen molar-refractivity contribution in [2.75, 3.05) is 48.7 Å². The Hall–Kier alpha value is -1.19. The Morgan fingerprint density at radius 1 is 1.26 bits per heavy atom. The van der Waals surface area contributed by atoms with Crippen molar-refractivity contribution < 1.29 is 8.78 Å². The Bertz CT molecular complexity index is 620. The highest BCUT2D eigenvalue weighted by atomic mass is 32.2. The minimum atomic E-state index is -2.67. The maximum Gasteiger partial charge on any atom is 0.252 e. The summed E-state index contributed by atoms with van der Waals surface area (Å²) in [5.41, 5.74) is 1.36. The van der Waals surface area contributed by atoms with Gasteiger partial charge in [0.15, 0.2) is 0 Å². The van der Waals surface area contributed by atoms with Gasteiger partial charge in [0.2, 0.25) is 5.95 Å². The van der Waals surface area contributed by atoms with Gasteiger partial charge in [-0.15, -0.1) is 0 Å². The summed E-state index contributed by atoms with van der Waals surface area (Å²) in [6.07, 6.45) is 0.927. The van der Waals surface area contributed by atoms with Gasteiger partial charge in [-0.2, -0.15) is 4.98 Å². The number of alkyl halides is 2. The number of fused-ring (bicyclic) bond motifs is 1. The number of nitrogens with zero attached hydrogens (tertiary/aromatic N) is 3. The average molecular weight is 401 g/mol. The van der Waals surface area contributed by atoms with Gasteiger partial charge < -0.3 is 15.5 Å². The summed E-state index contributed by atoms with van der Waals surface area (Å²) in [5.74, 6) is -0.597. The first-order chi connectivity index (χ1) is 12.9. The second-order valence-corrected chi connectivity index (χ2v) is 8.40. The molecule has 3 N–H and O–H groups in total. The van der Waals surface area contributed by atoms with Crippen LogP contribution >= 0.6 is 11.9 Å². The smallest absolute Gasteiger partial charge is 0.252 e. The molecule has 0 bridgehead atoms. The van der Waals surface area contributed by atoms with Gasteiger partial charge in [-0.25, -0.2) is 13.8 Å². The molecule has 1 aliphatic carbocycles. The number of anilines is 2. The van der Waals surface area contributed by atoms with Crippen LogP contribution in [0.15, 0.2) is 0 Å². The molecular weight excluding hydrogens is 370 g/mol. The summed E-state index contributed by atoms with van der Waals surface area (Å²) in [7, 11) is 0. The number of hydrogen-bond donors (Lipinski definition) is 3. The van der Waals surface area contributed by atoms with E-state index in [9.17, 15) is 8.78 Å². The Labute approximate surface area is 164 Å². The van der Waals surface area contributed by atoms with Crippen molar-refractivity contribution in [1.29, 1.82) is 0 Å². The van der Waals surface area contributed by atoms with E-state index >= 15 is 0 Å². The maximum absolute atomic E-state index is 14.0. The van der Waals surface area contributed by atoms with Crippen LogP contribution < -0.4 is 20.3 Å². The van der Waals surface area contributed by atoms with E-state index in [0.717, 1.165) is 44.0 Å². The molecule has 6 nitrogen and oxygen atoms in total. The lowest BCUT2D eigenvalue weighted by molar-refractivity contribution is -0.0127. The fourth-order valence-electron chi connectivity index (χ4n) is 3.34. The van der Waals surface area contributed by atoms with Crippen molar-refractivity contribution in [3.63, 3.8) is 0 Å². The van der Waals surface area contributed by atoms with Gasteiger partial charge in [-0.3, -0.25) is 4.72 Å². The molecule has 0 saturated carbocycles. The number of halogens is 2. The van der Waals surface area contributed by atoms with Gasteiger partial charge in [0, 0.05) is 56.4 Å². The zero-order chi connectivity index (χ0) is 19.3. The molecule has 1 fully saturated rings. The normalized spacial score (nSPS) is 19.7. The summed E-state index contributed by atoms with van der Waals surface area (Å²) in [6.45, 7) is 8.44. The van der Waals surface area contributed by atoms with E-state index in [1.165, 1.54) is 0 Å². The summed E-state index contributed by atoms with van der Waals surface area (Å²) >= 11 is 1.63. The highest BCUT2D eigenvalue weighted by Gasteiger charge is 2.37. The molecule has 0 spiro atoms. The predicted molar refractivity (Wildman–Crippen MR) is 108 cm³/mol. The minimum Gasteiger partial charge on any atom is -0.369 e. The Morgan fingerprint density at radius 2 is 2.11 bits per heavy atom. The Morgan fingerprint density at radius 3 is 2.93 bits per heavy atom. The van der Waals surface area contributed by atoms with E-state index in [4.69, 9.17) is 0 Å². The predicted octanol–water partition coefficient (Wildman–Crippen LogP) is 2.46. The molecule has 1 aromatic rings. The number of aryl methyl sites for hydroxylation is 1. The summed E-state index contributed by atoms with van der Waals surface area (Å²) in [6, 6.07) is 0.406. The molecule has 152 valence electrons. The van der Waals surface area contributed by atoms with Crippen LogP contribution in [0.3, 0.4) is 0 Å². The van der Waals surface area contributed by atoms with Gasteiger partial charge >= 0.3 is 0 Å². The van der Waals surface area contributed by atoms with Crippen molar-refractivity contribution in [3.8, 4) is 0 Å². The first-order valence-corrected chi connectivity index (χ1v) is 10.8. The van der Waals surface area contributed by atoms with E-state index in [1.807, 2.05) is 0 Å². The third kappa shape index (κ3) is 5.89. The molecule has 2 aliphatic rings. The third-order valence-corrected chi connectivity index (χ3v) is 5.73. The lowest BCUT2D eigenvalue weighted by Gasteiger charge is -2.28. The van der Waals surface area contributed by atoms with Crippen molar-refractivity contribution in [3.05, 3.63) is 11.3 Å². The van der Waals surface area contributed by atoms with Crippen LogP contribution in [-0.2, 0) is 12.8 Å². The zero-order valence-corrected chi connectivity index (χ0v) is 17.0. The van der Waals surface area contributed by atoms with E-state index in [1.54, 1.807) is 11.9 Å². The highest BCUT2D eigenvalue weighted by Crippen LogP contribution is 2.36. The molecule has 27 heavy (non-hydrogen) atoms. The lowest BCUT2D eigenvalue weighted by Crippen LogP contribution is -2.32. The Balaban J connectivity index is 1.76. The van der Waals surface area contributed by atoms with E-state index in [-0.39, 0.29) is 12.8 Å². The molecule has 2 heterocycles. The quantitative estimate of drug-likeness (QED) is 0.480. The number of aromatic nitrogens is 2. The van der Waals surface area contributed by atoms with Gasteiger partial charge in [-0.1, -0.05) is 11.9 Å². The van der Waals surface area contributed by atoms with Crippen LogP contribution in [0, 0.1) is 0 Å². The topological polar surface area (TPSA) is 65.1 Å². The first-order valence-electron chi connectivity index (χ1n) is 9.79. The van der Waals surface area contributed by atoms with Crippen molar-refractivity contribution in [1.82, 2.24) is 20.0 Å². The van der Waals surface area contributed by atoms with Crippen LogP contribution in [0.1, 0.15) is 37.9 Å². The molecule has 0 amide bonds. The molecule has 0 atom stereocenters. The summed E-state index contributed by atoms with van der Waals surface area (Å²) in [5, 5.41) is 6.66. The van der Waals surface area contributed by atoms with Crippen LogP contribution in [-0.4, -0.2) is 60.4 Å². The number of rotatable bonds is 7. The Kier molecular flexibility index (Phi) is 7.10. The molecule has 0 aromatic carbocycles. The first kappa shape index (κ1) is 20.5. The SMILES string of the molecule is CC(C)NSCCNc1nc(N2CCCNCC2)nc2c1CC(F)(F)CC2. The van der Waals surface area contributed by atoms with E-state index in [0.29, 0.717) is 36.3 Å². The minimum absolute atomic E-state index is 0.133. The highest BCUT2D eigenvalue weighted by molar-refractivity contribution is 7.97. The van der Waals surface area contributed by atoms with Crippen molar-refractivity contribution >= 4 is 23.7 Å². The molecule has 1 aliphatic heterocycles. The van der Waals surface area contributed by atoms with Crippen LogP contribution in [0.2, 0.25) is 0 Å². The maximum atomic E-state index is 14.0. The molecule has 1 aromatic heterocycles. The fraction of sp³-hybridized carbons (Fsp3) is 0.778. The van der Waals surface area contributed by atoms with Crippen molar-refractivity contribution in [2.45, 2.75) is 51.5 Å². The van der Waals surface area contributed by atoms with Crippen LogP contribution in [0.5, 0.6) is 0 Å². The second kappa shape index (κ2) is 9.34. The standard InChI is InChI=1S/C18H30F2N6S/c1-13(2)25-27-11-8-22-16-14-12-18(19,20)5-4-15(14)23-17(24-16)26-9-3-6-21-7-10-26/h13,21,25H,3-12H2,1-2H3,(H,22,23,24). The van der Waals surface area contributed by atoms with Gasteiger partial charge in [0.25, 0.3) is 5.92 Å². The largest absolute Gasteiger partial charge is 0.369 e. The van der Waals surface area contributed by atoms with Gasteiger partial charge in [0.05, 0.1) is 5.69 Å². The average Bonchev–Trinajstić information content (AvgIpc) is 2.90. The van der Waals surface area contributed by atoms with E-state index < -0.39 is 5.92 Å². The molecule has 3 rings (SSSR count). The van der Waals surface area contributed by atoms with Gasteiger partial charge in [-0.05, 0) is 33.2 Å². The lowest BCUT2D eigenvalue weighted by atomic mass is 9.93. The van der Waals surface area contributed by atoms with Crippen LogP contribution in [0.25, 0.3) is 0 Å².